The lowest BCUT2D eigenvalue weighted by Crippen LogP contribution is -2.43. The van der Waals surface area contributed by atoms with E-state index in [2.05, 4.69) is 4.98 Å². The number of hydrogen-bond acceptors (Lipinski definition) is 6. The number of methoxy groups -OCH3 is 1. The van der Waals surface area contributed by atoms with E-state index in [-0.39, 0.29) is 30.5 Å². The van der Waals surface area contributed by atoms with E-state index in [0.717, 1.165) is 0 Å². The molecule has 1 aromatic carbocycles. The topological polar surface area (TPSA) is 103 Å². The number of pyridine rings is 1. The Labute approximate surface area is 146 Å². The number of anilines is 1. The molecule has 0 atom stereocenters. The number of amides is 1. The van der Waals surface area contributed by atoms with Crippen LogP contribution in [0.5, 0.6) is 5.75 Å². The van der Waals surface area contributed by atoms with Crippen LogP contribution in [-0.2, 0) is 9.84 Å². The van der Waals surface area contributed by atoms with Crippen LogP contribution < -0.4 is 10.5 Å². The second kappa shape index (κ2) is 6.72. The number of carbonyl (C=O) groups is 1. The van der Waals surface area contributed by atoms with Crippen LogP contribution in [0.4, 0.5) is 5.69 Å². The lowest BCUT2D eigenvalue weighted by Gasteiger charge is -2.26. The number of carbonyl (C=O) groups excluding carboxylic acids is 1. The number of sulfone groups is 1. The maximum Gasteiger partial charge on any atom is 0.253 e. The van der Waals surface area contributed by atoms with Crippen molar-refractivity contribution in [2.75, 3.05) is 37.4 Å². The van der Waals surface area contributed by atoms with Gasteiger partial charge in [-0.2, -0.15) is 0 Å². The van der Waals surface area contributed by atoms with Gasteiger partial charge in [0.1, 0.15) is 5.69 Å². The molecule has 0 aliphatic carbocycles. The van der Waals surface area contributed by atoms with Gasteiger partial charge in [0.05, 0.1) is 24.3 Å². The molecular weight excluding hydrogens is 342 g/mol. The van der Waals surface area contributed by atoms with Gasteiger partial charge in [0.2, 0.25) is 0 Å². The average Bonchev–Trinajstić information content (AvgIpc) is 2.61. The lowest BCUT2D eigenvalue weighted by molar-refractivity contribution is 0.0770. The molecular formula is C17H19N3O4S. The summed E-state index contributed by atoms with van der Waals surface area (Å²) in [6.45, 7) is 0.427. The number of nitrogen functional groups attached to an aromatic ring is 1. The molecule has 1 saturated heterocycles. The van der Waals surface area contributed by atoms with Crippen LogP contribution in [-0.4, -0.2) is 55.9 Å². The van der Waals surface area contributed by atoms with E-state index in [0.29, 0.717) is 28.3 Å². The van der Waals surface area contributed by atoms with Crippen LogP contribution in [0.2, 0.25) is 0 Å². The Morgan fingerprint density at radius 1 is 1.24 bits per heavy atom. The minimum absolute atomic E-state index is 0.00300. The molecule has 0 radical (unpaired) electrons. The van der Waals surface area contributed by atoms with Gasteiger partial charge in [0.25, 0.3) is 5.91 Å². The Morgan fingerprint density at radius 3 is 2.64 bits per heavy atom. The fourth-order valence-corrected chi connectivity index (χ4v) is 3.98. The maximum atomic E-state index is 12.7. The summed E-state index contributed by atoms with van der Waals surface area (Å²) in [6.07, 6.45) is 1.58. The van der Waals surface area contributed by atoms with Crippen molar-refractivity contribution < 1.29 is 17.9 Å². The van der Waals surface area contributed by atoms with Crippen molar-refractivity contribution in [2.24, 2.45) is 0 Å². The fraction of sp³-hybridized carbons (Fsp3) is 0.294. The predicted octanol–water partition coefficient (Wildman–Crippen LogP) is 1.21. The van der Waals surface area contributed by atoms with Crippen LogP contribution in [0, 0.1) is 0 Å². The molecule has 1 aliphatic rings. The Hall–Kier alpha value is -2.61. The van der Waals surface area contributed by atoms with E-state index in [1.807, 2.05) is 6.07 Å². The monoisotopic (exact) mass is 361 g/mol. The number of benzene rings is 1. The molecule has 1 amide bonds. The summed E-state index contributed by atoms with van der Waals surface area (Å²) < 4.78 is 28.4. The van der Waals surface area contributed by atoms with Crippen molar-refractivity contribution >= 4 is 21.4 Å². The minimum Gasteiger partial charge on any atom is -0.492 e. The summed E-state index contributed by atoms with van der Waals surface area (Å²) in [4.78, 5) is 18.5. The number of hydrogen-bond donors (Lipinski definition) is 1. The average molecular weight is 361 g/mol. The zero-order chi connectivity index (χ0) is 18.0. The molecule has 0 unspecified atom stereocenters. The van der Waals surface area contributed by atoms with Crippen molar-refractivity contribution in [1.29, 1.82) is 0 Å². The van der Waals surface area contributed by atoms with Gasteiger partial charge >= 0.3 is 0 Å². The van der Waals surface area contributed by atoms with Crippen molar-refractivity contribution in [1.82, 2.24) is 9.88 Å². The first-order valence-electron chi connectivity index (χ1n) is 7.80. The van der Waals surface area contributed by atoms with Gasteiger partial charge in [0.15, 0.2) is 15.6 Å². The molecule has 0 bridgehead atoms. The van der Waals surface area contributed by atoms with Gasteiger partial charge in [0, 0.05) is 30.4 Å². The SMILES string of the molecule is COc1c(N)ccnc1-c1cccc(C(=O)N2CCS(=O)(=O)CC2)c1. The second-order valence-electron chi connectivity index (χ2n) is 5.81. The largest absolute Gasteiger partial charge is 0.492 e. The molecule has 2 aromatic rings. The van der Waals surface area contributed by atoms with E-state index >= 15 is 0 Å². The van der Waals surface area contributed by atoms with Crippen molar-refractivity contribution in [3.05, 3.63) is 42.1 Å². The molecule has 0 saturated carbocycles. The van der Waals surface area contributed by atoms with Crippen LogP contribution in [0.1, 0.15) is 10.4 Å². The molecule has 1 aliphatic heterocycles. The number of rotatable bonds is 3. The van der Waals surface area contributed by atoms with Gasteiger partial charge < -0.3 is 15.4 Å². The minimum atomic E-state index is -3.03. The molecule has 7 nitrogen and oxygen atoms in total. The first kappa shape index (κ1) is 17.2. The molecule has 1 aromatic heterocycles. The lowest BCUT2D eigenvalue weighted by atomic mass is 10.1. The number of nitrogens with zero attached hydrogens (tertiary/aromatic N) is 2. The van der Waals surface area contributed by atoms with E-state index in [4.69, 9.17) is 10.5 Å². The van der Waals surface area contributed by atoms with Crippen LogP contribution in [0.25, 0.3) is 11.3 Å². The summed E-state index contributed by atoms with van der Waals surface area (Å²) in [6, 6.07) is 8.64. The van der Waals surface area contributed by atoms with Gasteiger partial charge in [-0.1, -0.05) is 12.1 Å². The van der Waals surface area contributed by atoms with Gasteiger partial charge in [-0.25, -0.2) is 8.42 Å². The molecule has 0 spiro atoms. The smallest absolute Gasteiger partial charge is 0.253 e. The van der Waals surface area contributed by atoms with Crippen LogP contribution >= 0.6 is 0 Å². The summed E-state index contributed by atoms with van der Waals surface area (Å²) >= 11 is 0. The standard InChI is InChI=1S/C17H19N3O4S/c1-24-16-14(18)5-6-19-15(16)12-3-2-4-13(11-12)17(21)20-7-9-25(22,23)10-8-20/h2-6,11H,7-10H2,1H3,(H2,18,19). The Bertz CT molecular complexity index is 898. The number of nitrogens with two attached hydrogens (primary N) is 1. The van der Waals surface area contributed by atoms with Gasteiger partial charge in [-0.15, -0.1) is 0 Å². The highest BCUT2D eigenvalue weighted by Gasteiger charge is 2.26. The van der Waals surface area contributed by atoms with Gasteiger partial charge in [-0.05, 0) is 18.2 Å². The quantitative estimate of drug-likeness (QED) is 0.881. The molecule has 2 N–H and O–H groups in total. The molecule has 132 valence electrons. The van der Waals surface area contributed by atoms with E-state index < -0.39 is 9.84 Å². The molecule has 8 heteroatoms. The zero-order valence-electron chi connectivity index (χ0n) is 13.8. The van der Waals surface area contributed by atoms with E-state index in [1.165, 1.54) is 7.11 Å². The Morgan fingerprint density at radius 2 is 1.96 bits per heavy atom. The van der Waals surface area contributed by atoms with E-state index in [9.17, 15) is 13.2 Å². The predicted molar refractivity (Wildman–Crippen MR) is 95.2 cm³/mol. The van der Waals surface area contributed by atoms with Crippen molar-refractivity contribution in [3.63, 3.8) is 0 Å². The van der Waals surface area contributed by atoms with Crippen molar-refractivity contribution in [2.45, 2.75) is 0 Å². The number of ether oxygens (including phenoxy) is 1. The molecule has 3 rings (SSSR count). The van der Waals surface area contributed by atoms with Crippen molar-refractivity contribution in [3.8, 4) is 17.0 Å². The van der Waals surface area contributed by atoms with Crippen LogP contribution in [0.3, 0.4) is 0 Å². The Kier molecular flexibility index (Phi) is 4.63. The first-order valence-corrected chi connectivity index (χ1v) is 9.62. The fourth-order valence-electron chi connectivity index (χ4n) is 2.78. The molecule has 1 fully saturated rings. The molecule has 25 heavy (non-hydrogen) atoms. The zero-order valence-corrected chi connectivity index (χ0v) is 14.6. The normalized spacial score (nSPS) is 16.4. The maximum absolute atomic E-state index is 12.7. The third-order valence-electron chi connectivity index (χ3n) is 4.15. The second-order valence-corrected chi connectivity index (χ2v) is 8.11. The third kappa shape index (κ3) is 3.58. The summed E-state index contributed by atoms with van der Waals surface area (Å²) in [5.41, 5.74) is 8.11. The summed E-state index contributed by atoms with van der Waals surface area (Å²) in [7, 11) is -1.52. The molecule has 2 heterocycles. The van der Waals surface area contributed by atoms with Crippen LogP contribution in [0.15, 0.2) is 36.5 Å². The highest BCUT2D eigenvalue weighted by atomic mass is 32.2. The summed E-state index contributed by atoms with van der Waals surface area (Å²) in [5, 5.41) is 0. The highest BCUT2D eigenvalue weighted by Crippen LogP contribution is 2.33. The first-order chi connectivity index (χ1) is 11.9. The highest BCUT2D eigenvalue weighted by molar-refractivity contribution is 7.91. The van der Waals surface area contributed by atoms with E-state index in [1.54, 1.807) is 35.4 Å². The summed E-state index contributed by atoms with van der Waals surface area (Å²) in [5.74, 6) is 0.266. The van der Waals surface area contributed by atoms with Gasteiger partial charge in [-0.3, -0.25) is 9.78 Å². The third-order valence-corrected chi connectivity index (χ3v) is 5.76. The Balaban J connectivity index is 1.90. The number of aromatic nitrogens is 1.